The largest absolute Gasteiger partial charge is 0.478 e. The molecular weight excluding hydrogens is 286 g/mol. The number of anilines is 1. The fraction of sp³-hybridized carbons (Fsp3) is 0.125. The van der Waals surface area contributed by atoms with Gasteiger partial charge in [0.05, 0.1) is 22.4 Å². The van der Waals surface area contributed by atoms with Gasteiger partial charge in [-0.15, -0.1) is 0 Å². The summed E-state index contributed by atoms with van der Waals surface area (Å²) in [5.41, 5.74) is -0.882. The maximum absolute atomic E-state index is 11.0. The number of carbonyl (C=O) groups is 1. The van der Waals surface area contributed by atoms with Crippen LogP contribution in [-0.2, 0) is 20.1 Å². The third kappa shape index (κ3) is 3.68. The summed E-state index contributed by atoms with van der Waals surface area (Å²) < 4.78 is 54.4. The molecule has 1 aromatic rings. The number of hydrogen-bond donors (Lipinski definition) is 3. The van der Waals surface area contributed by atoms with Gasteiger partial charge in [0.25, 0.3) is 10.1 Å². The van der Waals surface area contributed by atoms with Crippen LogP contribution in [0.5, 0.6) is 0 Å². The van der Waals surface area contributed by atoms with Crippen LogP contribution in [0.4, 0.5) is 5.69 Å². The van der Waals surface area contributed by atoms with E-state index in [9.17, 15) is 21.6 Å². The van der Waals surface area contributed by atoms with E-state index in [-0.39, 0.29) is 0 Å². The maximum Gasteiger partial charge on any atom is 0.337 e. The highest BCUT2D eigenvalue weighted by molar-refractivity contribution is 7.92. The van der Waals surface area contributed by atoms with Crippen LogP contribution in [0.2, 0.25) is 0 Å². The average molecular weight is 295 g/mol. The number of rotatable bonds is 4. The molecule has 0 spiro atoms. The Balaban J connectivity index is 3.47. The molecule has 8 nitrogen and oxygen atoms in total. The van der Waals surface area contributed by atoms with Gasteiger partial charge in [-0.1, -0.05) is 0 Å². The summed E-state index contributed by atoms with van der Waals surface area (Å²) in [6.45, 7) is 0. The summed E-state index contributed by atoms with van der Waals surface area (Å²) in [5, 5.41) is 8.81. The molecule has 1 rings (SSSR count). The lowest BCUT2D eigenvalue weighted by Gasteiger charge is -2.08. The van der Waals surface area contributed by atoms with E-state index in [1.54, 1.807) is 0 Å². The number of aromatic carboxylic acids is 1. The molecule has 0 fully saturated rings. The molecule has 10 heteroatoms. The van der Waals surface area contributed by atoms with Crippen LogP contribution in [0.15, 0.2) is 23.1 Å². The number of carboxylic acid groups (broad SMARTS) is 1. The zero-order valence-electron chi connectivity index (χ0n) is 8.98. The van der Waals surface area contributed by atoms with Crippen molar-refractivity contribution in [1.82, 2.24) is 0 Å². The summed E-state index contributed by atoms with van der Waals surface area (Å²) in [6.07, 6.45) is 0.777. The van der Waals surface area contributed by atoms with Gasteiger partial charge in [-0.25, -0.2) is 13.2 Å². The Kier molecular flexibility index (Phi) is 3.64. The second-order valence-electron chi connectivity index (χ2n) is 3.36. The molecule has 0 amide bonds. The Hall–Kier alpha value is -1.65. The first-order chi connectivity index (χ1) is 8.00. The van der Waals surface area contributed by atoms with E-state index in [4.69, 9.17) is 9.66 Å². The zero-order valence-corrected chi connectivity index (χ0v) is 10.6. The van der Waals surface area contributed by atoms with Crippen molar-refractivity contribution in [3.63, 3.8) is 0 Å². The van der Waals surface area contributed by atoms with Gasteiger partial charge in [0.2, 0.25) is 10.0 Å². The van der Waals surface area contributed by atoms with Crippen molar-refractivity contribution < 1.29 is 31.3 Å². The lowest BCUT2D eigenvalue weighted by molar-refractivity contribution is 0.0698. The Morgan fingerprint density at radius 3 is 2.17 bits per heavy atom. The molecule has 0 aliphatic heterocycles. The quantitative estimate of drug-likeness (QED) is 0.665. The smallest absolute Gasteiger partial charge is 0.337 e. The van der Waals surface area contributed by atoms with E-state index in [0.717, 1.165) is 24.5 Å². The van der Waals surface area contributed by atoms with Gasteiger partial charge in [0, 0.05) is 0 Å². The first-order valence-electron chi connectivity index (χ1n) is 4.33. The van der Waals surface area contributed by atoms with E-state index in [0.29, 0.717) is 0 Å². The predicted molar refractivity (Wildman–Crippen MR) is 61.7 cm³/mol. The molecule has 0 aromatic heterocycles. The fourth-order valence-electron chi connectivity index (χ4n) is 1.15. The topological polar surface area (TPSA) is 138 Å². The van der Waals surface area contributed by atoms with Crippen molar-refractivity contribution in [3.05, 3.63) is 23.8 Å². The van der Waals surface area contributed by atoms with Gasteiger partial charge < -0.3 is 5.11 Å². The molecule has 3 N–H and O–H groups in total. The van der Waals surface area contributed by atoms with E-state index >= 15 is 0 Å². The molecule has 0 unspecified atom stereocenters. The van der Waals surface area contributed by atoms with Gasteiger partial charge in [-0.05, 0) is 18.2 Å². The van der Waals surface area contributed by atoms with Crippen molar-refractivity contribution in [1.29, 1.82) is 0 Å². The van der Waals surface area contributed by atoms with Gasteiger partial charge in [-0.3, -0.25) is 9.27 Å². The van der Waals surface area contributed by atoms with Crippen LogP contribution in [-0.4, -0.2) is 38.7 Å². The molecule has 0 bridgehead atoms. The second kappa shape index (κ2) is 4.55. The van der Waals surface area contributed by atoms with Crippen LogP contribution in [0.25, 0.3) is 0 Å². The highest BCUT2D eigenvalue weighted by atomic mass is 32.2. The summed E-state index contributed by atoms with van der Waals surface area (Å²) >= 11 is 0. The lowest BCUT2D eigenvalue weighted by atomic mass is 10.2. The highest BCUT2D eigenvalue weighted by Gasteiger charge is 2.18. The third-order valence-electron chi connectivity index (χ3n) is 1.81. The predicted octanol–water partition coefficient (Wildman–Crippen LogP) is 0.00300. The standard InChI is InChI=1S/C8H9NO7S2/c1-17(12,13)9-7-4-5(18(14,15)16)2-3-6(7)8(10)11/h2-4,9H,1H3,(H,10,11)(H,14,15,16). The normalized spacial score (nSPS) is 12.1. The fourth-order valence-corrected chi connectivity index (χ4v) is 2.23. The monoisotopic (exact) mass is 295 g/mol. The minimum atomic E-state index is -4.55. The van der Waals surface area contributed by atoms with Crippen molar-refractivity contribution in [2.45, 2.75) is 4.90 Å². The Labute approximate surface area is 103 Å². The van der Waals surface area contributed by atoms with Gasteiger partial charge >= 0.3 is 5.97 Å². The molecule has 0 radical (unpaired) electrons. The number of benzene rings is 1. The molecule has 0 atom stereocenters. The van der Waals surface area contributed by atoms with Crippen LogP contribution in [0, 0.1) is 0 Å². The second-order valence-corrected chi connectivity index (χ2v) is 6.53. The van der Waals surface area contributed by atoms with Crippen LogP contribution in [0.3, 0.4) is 0 Å². The molecule has 0 aliphatic rings. The summed E-state index contributed by atoms with van der Waals surface area (Å²) in [7, 11) is -8.34. The SMILES string of the molecule is CS(=O)(=O)Nc1cc(S(=O)(=O)O)ccc1C(=O)O. The number of hydrogen-bond acceptors (Lipinski definition) is 5. The molecule has 0 saturated heterocycles. The van der Waals surface area contributed by atoms with Crippen molar-refractivity contribution in [3.8, 4) is 0 Å². The minimum absolute atomic E-state index is 0.437. The molecule has 0 saturated carbocycles. The summed E-state index contributed by atoms with van der Waals surface area (Å²) in [6, 6.07) is 2.45. The maximum atomic E-state index is 11.0. The summed E-state index contributed by atoms with van der Waals surface area (Å²) in [5.74, 6) is -1.44. The molecule has 0 aliphatic carbocycles. The van der Waals surface area contributed by atoms with Gasteiger partial charge in [0.15, 0.2) is 0 Å². The minimum Gasteiger partial charge on any atom is -0.478 e. The first kappa shape index (κ1) is 14.4. The number of nitrogens with one attached hydrogen (secondary N) is 1. The van der Waals surface area contributed by atoms with Crippen LogP contribution in [0.1, 0.15) is 10.4 Å². The highest BCUT2D eigenvalue weighted by Crippen LogP contribution is 2.21. The van der Waals surface area contributed by atoms with Crippen LogP contribution >= 0.6 is 0 Å². The molecular formula is C8H9NO7S2. The van der Waals surface area contributed by atoms with E-state index in [2.05, 4.69) is 0 Å². The Morgan fingerprint density at radius 2 is 1.78 bits per heavy atom. The lowest BCUT2D eigenvalue weighted by Crippen LogP contribution is -2.14. The van der Waals surface area contributed by atoms with Crippen molar-refractivity contribution >= 4 is 31.8 Å². The molecule has 0 heterocycles. The Bertz CT molecular complexity index is 690. The van der Waals surface area contributed by atoms with Gasteiger partial charge in [-0.2, -0.15) is 8.42 Å². The molecule has 1 aromatic carbocycles. The average Bonchev–Trinajstić information content (AvgIpc) is 2.12. The van der Waals surface area contributed by atoms with Gasteiger partial charge in [0.1, 0.15) is 0 Å². The third-order valence-corrected chi connectivity index (χ3v) is 3.26. The number of carboxylic acids is 1. The van der Waals surface area contributed by atoms with Crippen molar-refractivity contribution in [2.24, 2.45) is 0 Å². The number of sulfonamides is 1. The Morgan fingerprint density at radius 1 is 1.22 bits per heavy atom. The molecule has 100 valence electrons. The van der Waals surface area contributed by atoms with Crippen molar-refractivity contribution in [2.75, 3.05) is 11.0 Å². The molecule has 18 heavy (non-hydrogen) atoms. The van der Waals surface area contributed by atoms with E-state index in [1.165, 1.54) is 0 Å². The van der Waals surface area contributed by atoms with E-state index in [1.807, 2.05) is 4.72 Å². The summed E-state index contributed by atoms with van der Waals surface area (Å²) in [4.78, 5) is 10.2. The van der Waals surface area contributed by atoms with Crippen LogP contribution < -0.4 is 4.72 Å². The first-order valence-corrected chi connectivity index (χ1v) is 7.66. The zero-order chi connectivity index (χ0) is 14.1. The van der Waals surface area contributed by atoms with E-state index < -0.39 is 42.3 Å².